The molecule has 7 heteroatoms. The number of alkyl halides is 3. The molecule has 1 aliphatic heterocycles. The number of nitrogens with zero attached hydrogens (tertiary/aromatic N) is 3. The van der Waals surface area contributed by atoms with Crippen LogP contribution in [0.3, 0.4) is 0 Å². The Kier molecular flexibility index (Phi) is 4.21. The first-order valence-corrected chi connectivity index (χ1v) is 7.28. The van der Waals surface area contributed by atoms with Gasteiger partial charge in [0.2, 0.25) is 0 Å². The normalized spacial score (nSPS) is 15.3. The van der Waals surface area contributed by atoms with Crippen LogP contribution in [-0.4, -0.2) is 27.8 Å². The summed E-state index contributed by atoms with van der Waals surface area (Å²) in [5.41, 5.74) is 2.56. The molecule has 0 fully saturated rings. The highest BCUT2D eigenvalue weighted by atomic mass is 19.4. The van der Waals surface area contributed by atoms with Crippen molar-refractivity contribution in [3.63, 3.8) is 0 Å². The second-order valence-corrected chi connectivity index (χ2v) is 5.51. The summed E-state index contributed by atoms with van der Waals surface area (Å²) in [5.74, 6) is 0.590. The monoisotopic (exact) mass is 323 g/mol. The lowest BCUT2D eigenvalue weighted by atomic mass is 10.1. The van der Waals surface area contributed by atoms with Gasteiger partial charge >= 0.3 is 6.36 Å². The van der Waals surface area contributed by atoms with Crippen LogP contribution in [0.5, 0.6) is 5.75 Å². The van der Waals surface area contributed by atoms with Gasteiger partial charge < -0.3 is 4.74 Å². The van der Waals surface area contributed by atoms with Gasteiger partial charge in [0.05, 0.1) is 0 Å². The van der Waals surface area contributed by atoms with E-state index in [1.807, 2.05) is 6.92 Å². The van der Waals surface area contributed by atoms with Gasteiger partial charge in [-0.25, -0.2) is 9.97 Å². The fourth-order valence-corrected chi connectivity index (χ4v) is 2.71. The topological polar surface area (TPSA) is 38.2 Å². The molecule has 122 valence electrons. The molecule has 1 aromatic carbocycles. The van der Waals surface area contributed by atoms with Crippen molar-refractivity contribution >= 4 is 0 Å². The Bertz CT molecular complexity index is 703. The number of hydrogen-bond donors (Lipinski definition) is 0. The van der Waals surface area contributed by atoms with Crippen LogP contribution in [0.2, 0.25) is 0 Å². The number of benzene rings is 1. The second-order valence-electron chi connectivity index (χ2n) is 5.51. The fraction of sp³-hybridized carbons (Fsp3) is 0.375. The van der Waals surface area contributed by atoms with Crippen LogP contribution < -0.4 is 4.74 Å². The molecule has 0 N–H and O–H groups in total. The van der Waals surface area contributed by atoms with Gasteiger partial charge in [-0.05, 0) is 13.0 Å². The summed E-state index contributed by atoms with van der Waals surface area (Å²) in [7, 11) is 0. The number of aromatic nitrogens is 2. The summed E-state index contributed by atoms with van der Waals surface area (Å²) >= 11 is 0. The number of hydrogen-bond acceptors (Lipinski definition) is 4. The largest absolute Gasteiger partial charge is 0.573 e. The molecule has 23 heavy (non-hydrogen) atoms. The highest BCUT2D eigenvalue weighted by molar-refractivity contribution is 5.33. The lowest BCUT2D eigenvalue weighted by Crippen LogP contribution is -2.31. The Balaban J connectivity index is 1.75. The summed E-state index contributed by atoms with van der Waals surface area (Å²) in [5, 5.41) is 0. The van der Waals surface area contributed by atoms with Gasteiger partial charge in [-0.2, -0.15) is 0 Å². The van der Waals surface area contributed by atoms with Gasteiger partial charge in [0.1, 0.15) is 11.6 Å². The van der Waals surface area contributed by atoms with E-state index in [0.29, 0.717) is 18.7 Å². The Morgan fingerprint density at radius 3 is 2.83 bits per heavy atom. The van der Waals surface area contributed by atoms with Crippen LogP contribution in [0.4, 0.5) is 13.2 Å². The molecule has 0 unspecified atom stereocenters. The smallest absolute Gasteiger partial charge is 0.405 e. The molecular weight excluding hydrogens is 307 g/mol. The van der Waals surface area contributed by atoms with Crippen LogP contribution in [0, 0.1) is 6.92 Å². The molecule has 2 heterocycles. The van der Waals surface area contributed by atoms with Gasteiger partial charge in [-0.15, -0.1) is 13.2 Å². The van der Waals surface area contributed by atoms with Gasteiger partial charge in [0, 0.05) is 49.1 Å². The molecule has 0 radical (unpaired) electrons. The first-order chi connectivity index (χ1) is 10.9. The quantitative estimate of drug-likeness (QED) is 0.869. The highest BCUT2D eigenvalue weighted by Gasteiger charge is 2.32. The van der Waals surface area contributed by atoms with Crippen molar-refractivity contribution < 1.29 is 17.9 Å². The average molecular weight is 323 g/mol. The van der Waals surface area contributed by atoms with Gasteiger partial charge in [-0.1, -0.05) is 18.2 Å². The highest BCUT2D eigenvalue weighted by Crippen LogP contribution is 2.28. The van der Waals surface area contributed by atoms with E-state index in [0.717, 1.165) is 30.0 Å². The minimum absolute atomic E-state index is 0.147. The zero-order chi connectivity index (χ0) is 16.4. The van der Waals surface area contributed by atoms with Crippen LogP contribution in [0.25, 0.3) is 0 Å². The van der Waals surface area contributed by atoms with Crippen LogP contribution in [0.15, 0.2) is 30.5 Å². The Morgan fingerprint density at radius 2 is 2.04 bits per heavy atom. The molecule has 0 saturated carbocycles. The number of ether oxygens (including phenoxy) is 1. The standard InChI is InChI=1S/C16H16F3N3O/c1-11-20-8-13-10-22(7-6-14(13)21-11)9-12-4-2-3-5-15(12)23-16(17,18)19/h2-5,8H,6-7,9-10H2,1H3. The molecule has 0 spiro atoms. The third-order valence-electron chi connectivity index (χ3n) is 3.73. The predicted octanol–water partition coefficient (Wildman–Crippen LogP) is 3.24. The molecule has 1 aliphatic rings. The molecule has 2 aromatic rings. The lowest BCUT2D eigenvalue weighted by Gasteiger charge is -2.28. The Labute approximate surface area is 131 Å². The molecule has 0 aliphatic carbocycles. The SMILES string of the molecule is Cc1ncc2c(n1)CCN(Cc1ccccc1OC(F)(F)F)C2. The zero-order valence-electron chi connectivity index (χ0n) is 12.6. The molecule has 0 bridgehead atoms. The van der Waals surface area contributed by atoms with E-state index < -0.39 is 6.36 Å². The van der Waals surface area contributed by atoms with Crippen molar-refractivity contribution in [2.24, 2.45) is 0 Å². The molecule has 0 saturated heterocycles. The Hall–Kier alpha value is -2.15. The van der Waals surface area contributed by atoms with E-state index in [2.05, 4.69) is 19.6 Å². The number of rotatable bonds is 3. The van der Waals surface area contributed by atoms with Crippen molar-refractivity contribution in [3.05, 3.63) is 53.1 Å². The first-order valence-electron chi connectivity index (χ1n) is 7.28. The Morgan fingerprint density at radius 1 is 1.26 bits per heavy atom. The maximum absolute atomic E-state index is 12.5. The predicted molar refractivity (Wildman–Crippen MR) is 77.7 cm³/mol. The summed E-state index contributed by atoms with van der Waals surface area (Å²) in [6.45, 7) is 3.59. The maximum Gasteiger partial charge on any atom is 0.573 e. The molecule has 0 amide bonds. The van der Waals surface area contributed by atoms with E-state index in [9.17, 15) is 13.2 Å². The number of fused-ring (bicyclic) bond motifs is 1. The van der Waals surface area contributed by atoms with Gasteiger partial charge in [0.25, 0.3) is 0 Å². The molecule has 0 atom stereocenters. The summed E-state index contributed by atoms with van der Waals surface area (Å²) in [6, 6.07) is 6.24. The van der Waals surface area contributed by atoms with E-state index in [4.69, 9.17) is 0 Å². The fourth-order valence-electron chi connectivity index (χ4n) is 2.71. The summed E-state index contributed by atoms with van der Waals surface area (Å²) in [6.07, 6.45) is -2.13. The van der Waals surface area contributed by atoms with Crippen LogP contribution >= 0.6 is 0 Å². The third kappa shape index (κ3) is 3.98. The van der Waals surface area contributed by atoms with E-state index in [1.165, 1.54) is 12.1 Å². The number of para-hydroxylation sites is 1. The van der Waals surface area contributed by atoms with E-state index in [-0.39, 0.29) is 5.75 Å². The van der Waals surface area contributed by atoms with E-state index in [1.54, 1.807) is 18.3 Å². The van der Waals surface area contributed by atoms with Crippen molar-refractivity contribution in [1.82, 2.24) is 14.9 Å². The van der Waals surface area contributed by atoms with Gasteiger partial charge in [0.15, 0.2) is 0 Å². The minimum Gasteiger partial charge on any atom is -0.405 e. The summed E-state index contributed by atoms with van der Waals surface area (Å²) < 4.78 is 41.6. The molecular formula is C16H16F3N3O. The lowest BCUT2D eigenvalue weighted by molar-refractivity contribution is -0.275. The molecule has 1 aromatic heterocycles. The first kappa shape index (κ1) is 15.7. The van der Waals surface area contributed by atoms with Crippen molar-refractivity contribution in [2.75, 3.05) is 6.54 Å². The zero-order valence-corrected chi connectivity index (χ0v) is 12.6. The molecule has 3 rings (SSSR count). The number of aryl methyl sites for hydroxylation is 1. The molecule has 4 nitrogen and oxygen atoms in total. The van der Waals surface area contributed by atoms with Crippen molar-refractivity contribution in [2.45, 2.75) is 32.8 Å². The third-order valence-corrected chi connectivity index (χ3v) is 3.73. The maximum atomic E-state index is 12.5. The van der Waals surface area contributed by atoms with Crippen molar-refractivity contribution in [1.29, 1.82) is 0 Å². The second kappa shape index (κ2) is 6.16. The number of halogens is 3. The van der Waals surface area contributed by atoms with Crippen molar-refractivity contribution in [3.8, 4) is 5.75 Å². The average Bonchev–Trinajstić information content (AvgIpc) is 2.48. The van der Waals surface area contributed by atoms with Gasteiger partial charge in [-0.3, -0.25) is 4.90 Å². The minimum atomic E-state index is -4.68. The van der Waals surface area contributed by atoms with E-state index >= 15 is 0 Å². The van der Waals surface area contributed by atoms with Crippen LogP contribution in [0.1, 0.15) is 22.6 Å². The summed E-state index contributed by atoms with van der Waals surface area (Å²) in [4.78, 5) is 10.7. The van der Waals surface area contributed by atoms with Crippen LogP contribution in [-0.2, 0) is 19.5 Å².